The summed E-state index contributed by atoms with van der Waals surface area (Å²) < 4.78 is 24.4. The third-order valence-electron chi connectivity index (χ3n) is 2.65. The molecule has 0 aliphatic rings. The number of terminal acetylenes is 1. The first-order chi connectivity index (χ1) is 9.63. The van der Waals surface area contributed by atoms with Gasteiger partial charge in [-0.05, 0) is 25.0 Å². The van der Waals surface area contributed by atoms with Crippen LogP contribution >= 0.6 is 0 Å². The van der Waals surface area contributed by atoms with Crippen molar-refractivity contribution in [3.63, 3.8) is 0 Å². The molecular weight excluding hydrogens is 261 g/mol. The summed E-state index contributed by atoms with van der Waals surface area (Å²) in [5, 5.41) is 2.66. The largest absolute Gasteiger partial charge is 0.490 e. The van der Waals surface area contributed by atoms with E-state index in [0.29, 0.717) is 18.5 Å². The molecule has 1 aromatic rings. The number of hydrogen-bond donors (Lipinski definition) is 1. The SMILES string of the molecule is C#CCOc1ccc(CCC(=O)NCC)c(F)c1OC. The lowest BCUT2D eigenvalue weighted by molar-refractivity contribution is -0.120. The minimum Gasteiger partial charge on any atom is -0.490 e. The molecule has 1 amide bonds. The minimum atomic E-state index is -0.522. The van der Waals surface area contributed by atoms with Crippen molar-refractivity contribution < 1.29 is 18.7 Å². The summed E-state index contributed by atoms with van der Waals surface area (Å²) in [5.41, 5.74) is 0.404. The van der Waals surface area contributed by atoms with Crippen LogP contribution in [0.25, 0.3) is 0 Å². The molecule has 0 radical (unpaired) electrons. The van der Waals surface area contributed by atoms with Crippen molar-refractivity contribution in [1.82, 2.24) is 5.32 Å². The Labute approximate surface area is 118 Å². The monoisotopic (exact) mass is 279 g/mol. The van der Waals surface area contributed by atoms with Crippen LogP contribution in [0.3, 0.4) is 0 Å². The predicted octanol–water partition coefficient (Wildman–Crippen LogP) is 1.92. The van der Waals surface area contributed by atoms with Gasteiger partial charge in [-0.25, -0.2) is 4.39 Å². The number of carbonyl (C=O) groups is 1. The highest BCUT2D eigenvalue weighted by Gasteiger charge is 2.15. The Morgan fingerprint density at radius 3 is 2.85 bits per heavy atom. The highest BCUT2D eigenvalue weighted by atomic mass is 19.1. The van der Waals surface area contributed by atoms with Crippen LogP contribution in [0.4, 0.5) is 4.39 Å². The van der Waals surface area contributed by atoms with Crippen LogP contribution in [-0.2, 0) is 11.2 Å². The zero-order valence-corrected chi connectivity index (χ0v) is 11.7. The molecule has 0 aliphatic carbocycles. The fourth-order valence-electron chi connectivity index (χ4n) is 1.73. The maximum absolute atomic E-state index is 14.2. The average Bonchev–Trinajstić information content (AvgIpc) is 2.44. The lowest BCUT2D eigenvalue weighted by Crippen LogP contribution is -2.22. The molecule has 20 heavy (non-hydrogen) atoms. The second-order valence-corrected chi connectivity index (χ2v) is 4.02. The van der Waals surface area contributed by atoms with E-state index in [1.807, 2.05) is 6.92 Å². The molecule has 1 N–H and O–H groups in total. The summed E-state index contributed by atoms with van der Waals surface area (Å²) >= 11 is 0. The summed E-state index contributed by atoms with van der Waals surface area (Å²) in [6.45, 7) is 2.43. The summed E-state index contributed by atoms with van der Waals surface area (Å²) in [6, 6.07) is 3.16. The summed E-state index contributed by atoms with van der Waals surface area (Å²) in [4.78, 5) is 11.4. The van der Waals surface area contributed by atoms with Gasteiger partial charge in [-0.2, -0.15) is 0 Å². The number of aryl methyl sites for hydroxylation is 1. The van der Waals surface area contributed by atoms with E-state index in [0.717, 1.165) is 0 Å². The molecule has 0 spiro atoms. The molecule has 1 rings (SSSR count). The zero-order chi connectivity index (χ0) is 15.0. The van der Waals surface area contributed by atoms with Crippen LogP contribution in [0.1, 0.15) is 18.9 Å². The molecular formula is C15H18FNO3. The number of carbonyl (C=O) groups excluding carboxylic acids is 1. The molecule has 0 heterocycles. The van der Waals surface area contributed by atoms with Crippen molar-refractivity contribution in [1.29, 1.82) is 0 Å². The Morgan fingerprint density at radius 2 is 2.25 bits per heavy atom. The van der Waals surface area contributed by atoms with Crippen LogP contribution in [-0.4, -0.2) is 26.2 Å². The Balaban J connectivity index is 2.84. The first kappa shape index (κ1) is 15.8. The number of benzene rings is 1. The number of rotatable bonds is 7. The number of hydrogen-bond acceptors (Lipinski definition) is 3. The van der Waals surface area contributed by atoms with Crippen molar-refractivity contribution in [2.45, 2.75) is 19.8 Å². The number of nitrogens with one attached hydrogen (secondary N) is 1. The van der Waals surface area contributed by atoms with Crippen molar-refractivity contribution in [2.24, 2.45) is 0 Å². The molecule has 0 aliphatic heterocycles. The maximum atomic E-state index is 14.2. The first-order valence-corrected chi connectivity index (χ1v) is 6.32. The third-order valence-corrected chi connectivity index (χ3v) is 2.65. The van der Waals surface area contributed by atoms with E-state index in [9.17, 15) is 9.18 Å². The molecule has 0 saturated carbocycles. The van der Waals surface area contributed by atoms with E-state index in [2.05, 4.69) is 11.2 Å². The first-order valence-electron chi connectivity index (χ1n) is 6.32. The minimum absolute atomic E-state index is 0.00801. The van der Waals surface area contributed by atoms with Crippen molar-refractivity contribution in [3.8, 4) is 23.8 Å². The second-order valence-electron chi connectivity index (χ2n) is 4.02. The van der Waals surface area contributed by atoms with Gasteiger partial charge in [0, 0.05) is 13.0 Å². The van der Waals surface area contributed by atoms with Gasteiger partial charge in [-0.1, -0.05) is 12.0 Å². The molecule has 1 aromatic carbocycles. The van der Waals surface area contributed by atoms with Gasteiger partial charge in [0.2, 0.25) is 5.91 Å². The van der Waals surface area contributed by atoms with Gasteiger partial charge in [-0.3, -0.25) is 4.79 Å². The van der Waals surface area contributed by atoms with E-state index in [4.69, 9.17) is 15.9 Å². The standard InChI is InChI=1S/C15H18FNO3/c1-4-10-20-12-8-6-11(14(16)15(12)19-3)7-9-13(18)17-5-2/h1,6,8H,5,7,9-10H2,2-3H3,(H,17,18). The van der Waals surface area contributed by atoms with Gasteiger partial charge in [0.15, 0.2) is 17.3 Å². The zero-order valence-electron chi connectivity index (χ0n) is 11.7. The van der Waals surface area contributed by atoms with Crippen LogP contribution < -0.4 is 14.8 Å². The van der Waals surface area contributed by atoms with Crippen LogP contribution in [0.2, 0.25) is 0 Å². The maximum Gasteiger partial charge on any atom is 0.220 e. The summed E-state index contributed by atoms with van der Waals surface area (Å²) in [7, 11) is 1.36. The van der Waals surface area contributed by atoms with E-state index in [1.54, 1.807) is 12.1 Å². The smallest absolute Gasteiger partial charge is 0.220 e. The normalized spacial score (nSPS) is 9.70. The van der Waals surface area contributed by atoms with E-state index in [-0.39, 0.29) is 30.4 Å². The Morgan fingerprint density at radius 1 is 1.50 bits per heavy atom. The molecule has 0 fully saturated rings. The number of amides is 1. The molecule has 0 aromatic heterocycles. The fourth-order valence-corrected chi connectivity index (χ4v) is 1.73. The molecule has 4 nitrogen and oxygen atoms in total. The molecule has 108 valence electrons. The second kappa shape index (κ2) is 8.05. The summed E-state index contributed by atoms with van der Waals surface area (Å²) in [6.07, 6.45) is 5.61. The van der Waals surface area contributed by atoms with Gasteiger partial charge in [0.1, 0.15) is 6.61 Å². The summed E-state index contributed by atoms with van der Waals surface area (Å²) in [5.74, 6) is 1.93. The van der Waals surface area contributed by atoms with E-state index in [1.165, 1.54) is 7.11 Å². The predicted molar refractivity (Wildman–Crippen MR) is 74.3 cm³/mol. The molecule has 5 heteroatoms. The highest BCUT2D eigenvalue weighted by Crippen LogP contribution is 2.32. The Bertz CT molecular complexity index is 509. The fraction of sp³-hybridized carbons (Fsp3) is 0.400. The van der Waals surface area contributed by atoms with Gasteiger partial charge < -0.3 is 14.8 Å². The van der Waals surface area contributed by atoms with E-state index >= 15 is 0 Å². The molecule has 0 bridgehead atoms. The number of ether oxygens (including phenoxy) is 2. The van der Waals surface area contributed by atoms with E-state index < -0.39 is 5.82 Å². The van der Waals surface area contributed by atoms with Gasteiger partial charge in [0.25, 0.3) is 0 Å². The highest BCUT2D eigenvalue weighted by molar-refractivity contribution is 5.76. The van der Waals surface area contributed by atoms with Crippen LogP contribution in [0.15, 0.2) is 12.1 Å². The van der Waals surface area contributed by atoms with Crippen molar-refractivity contribution in [3.05, 3.63) is 23.5 Å². The van der Waals surface area contributed by atoms with Gasteiger partial charge >= 0.3 is 0 Å². The Hall–Kier alpha value is -2.22. The van der Waals surface area contributed by atoms with Crippen LogP contribution in [0, 0.1) is 18.2 Å². The Kier molecular flexibility index (Phi) is 6.38. The molecule has 0 unspecified atom stereocenters. The quantitative estimate of drug-likeness (QED) is 0.776. The number of methoxy groups -OCH3 is 1. The number of halogens is 1. The van der Waals surface area contributed by atoms with Crippen LogP contribution in [0.5, 0.6) is 11.5 Å². The topological polar surface area (TPSA) is 47.6 Å². The molecule has 0 saturated heterocycles. The average molecular weight is 279 g/mol. The van der Waals surface area contributed by atoms with Gasteiger partial charge in [0.05, 0.1) is 7.11 Å². The van der Waals surface area contributed by atoms with Gasteiger partial charge in [-0.15, -0.1) is 6.42 Å². The van der Waals surface area contributed by atoms with Crippen molar-refractivity contribution in [2.75, 3.05) is 20.3 Å². The van der Waals surface area contributed by atoms with Crippen molar-refractivity contribution >= 4 is 5.91 Å². The lowest BCUT2D eigenvalue weighted by Gasteiger charge is -2.12. The third kappa shape index (κ3) is 4.16. The molecule has 0 atom stereocenters. The lowest BCUT2D eigenvalue weighted by atomic mass is 10.1.